The Morgan fingerprint density at radius 1 is 1.59 bits per heavy atom. The van der Waals surface area contributed by atoms with Gasteiger partial charge in [-0.15, -0.1) is 0 Å². The van der Waals surface area contributed by atoms with Crippen LogP contribution in [0.25, 0.3) is 0 Å². The Morgan fingerprint density at radius 2 is 2.36 bits per heavy atom. The maximum atomic E-state index is 11.2. The molecule has 3 atom stereocenters. The first-order chi connectivity index (χ1) is 10.4. The Balaban J connectivity index is 1.95. The minimum Gasteiger partial charge on any atom is -0.497 e. The van der Waals surface area contributed by atoms with E-state index in [-0.39, 0.29) is 18.4 Å². The van der Waals surface area contributed by atoms with E-state index in [0.29, 0.717) is 12.8 Å². The van der Waals surface area contributed by atoms with Crippen LogP contribution in [0.15, 0.2) is 18.2 Å². The third-order valence-corrected chi connectivity index (χ3v) is 4.90. The molecule has 3 rings (SSSR count). The van der Waals surface area contributed by atoms with E-state index < -0.39 is 11.7 Å². The summed E-state index contributed by atoms with van der Waals surface area (Å²) >= 11 is 0. The van der Waals surface area contributed by atoms with Crippen molar-refractivity contribution in [3.63, 3.8) is 0 Å². The molecule has 1 saturated heterocycles. The van der Waals surface area contributed by atoms with Crippen LogP contribution in [0, 0.1) is 5.92 Å². The molecule has 2 aliphatic rings. The van der Waals surface area contributed by atoms with Gasteiger partial charge in [-0.2, -0.15) is 0 Å². The number of carboxylic acid groups (broad SMARTS) is 1. The minimum absolute atomic E-state index is 0.0537. The predicted octanol–water partition coefficient (Wildman–Crippen LogP) is 1.08. The van der Waals surface area contributed by atoms with Gasteiger partial charge in [0, 0.05) is 24.9 Å². The zero-order chi connectivity index (χ0) is 15.9. The Bertz CT molecular complexity index is 592. The molecule has 6 heteroatoms. The van der Waals surface area contributed by atoms with Gasteiger partial charge in [0.25, 0.3) is 0 Å². The SMILES string of the molecule is COc1ccc2c(c1)CC1C(CC(=O)O)N(C)CCC1(N)O2. The molecule has 22 heavy (non-hydrogen) atoms. The number of rotatable bonds is 3. The molecule has 3 unspecified atom stereocenters. The van der Waals surface area contributed by atoms with Crippen molar-refractivity contribution in [1.82, 2.24) is 4.90 Å². The van der Waals surface area contributed by atoms with Crippen LogP contribution in [0.5, 0.6) is 11.5 Å². The van der Waals surface area contributed by atoms with Crippen LogP contribution < -0.4 is 15.2 Å². The van der Waals surface area contributed by atoms with Gasteiger partial charge in [0.1, 0.15) is 11.5 Å². The van der Waals surface area contributed by atoms with E-state index in [4.69, 9.17) is 15.2 Å². The molecule has 3 N–H and O–H groups in total. The van der Waals surface area contributed by atoms with Gasteiger partial charge in [-0.3, -0.25) is 10.5 Å². The molecule has 1 aromatic rings. The molecule has 0 spiro atoms. The average molecular weight is 306 g/mol. The number of nitrogens with two attached hydrogens (primary N) is 1. The van der Waals surface area contributed by atoms with Crippen molar-refractivity contribution in [3.05, 3.63) is 23.8 Å². The van der Waals surface area contributed by atoms with Crippen molar-refractivity contribution in [3.8, 4) is 11.5 Å². The van der Waals surface area contributed by atoms with Crippen molar-refractivity contribution >= 4 is 5.97 Å². The van der Waals surface area contributed by atoms with E-state index in [1.165, 1.54) is 0 Å². The minimum atomic E-state index is -0.808. The van der Waals surface area contributed by atoms with E-state index >= 15 is 0 Å². The van der Waals surface area contributed by atoms with Gasteiger partial charge in [0.05, 0.1) is 13.5 Å². The second kappa shape index (κ2) is 5.44. The lowest BCUT2D eigenvalue weighted by Crippen LogP contribution is -2.66. The van der Waals surface area contributed by atoms with Crippen LogP contribution >= 0.6 is 0 Å². The maximum absolute atomic E-state index is 11.2. The molecule has 0 saturated carbocycles. The van der Waals surface area contributed by atoms with Crippen molar-refractivity contribution in [2.24, 2.45) is 11.7 Å². The fraction of sp³-hybridized carbons (Fsp3) is 0.562. The molecule has 0 aromatic heterocycles. The van der Waals surface area contributed by atoms with Gasteiger partial charge in [-0.1, -0.05) is 0 Å². The van der Waals surface area contributed by atoms with Gasteiger partial charge in [0.2, 0.25) is 0 Å². The highest BCUT2D eigenvalue weighted by Crippen LogP contribution is 2.43. The average Bonchev–Trinajstić information content (AvgIpc) is 2.48. The molecule has 6 nitrogen and oxygen atoms in total. The molecular formula is C16H22N2O4. The number of likely N-dealkylation sites (tertiary alicyclic amines) is 1. The number of nitrogens with zero attached hydrogens (tertiary/aromatic N) is 1. The molecular weight excluding hydrogens is 284 g/mol. The molecule has 0 aliphatic carbocycles. The van der Waals surface area contributed by atoms with E-state index in [0.717, 1.165) is 23.6 Å². The van der Waals surface area contributed by atoms with Gasteiger partial charge < -0.3 is 19.5 Å². The fourth-order valence-corrected chi connectivity index (χ4v) is 3.63. The second-order valence-corrected chi connectivity index (χ2v) is 6.24. The second-order valence-electron chi connectivity index (χ2n) is 6.24. The molecule has 2 aliphatic heterocycles. The fourth-order valence-electron chi connectivity index (χ4n) is 3.63. The van der Waals surface area contributed by atoms with Crippen LogP contribution in [0.2, 0.25) is 0 Å². The van der Waals surface area contributed by atoms with Gasteiger partial charge >= 0.3 is 5.97 Å². The summed E-state index contributed by atoms with van der Waals surface area (Å²) in [6, 6.07) is 5.55. The number of carbonyl (C=O) groups is 1. The number of aliphatic carboxylic acids is 1. The molecule has 2 heterocycles. The summed E-state index contributed by atoms with van der Waals surface area (Å²) in [7, 11) is 3.58. The van der Waals surface area contributed by atoms with Crippen LogP contribution in [-0.2, 0) is 11.2 Å². The zero-order valence-electron chi connectivity index (χ0n) is 12.9. The predicted molar refractivity (Wildman–Crippen MR) is 81.0 cm³/mol. The summed E-state index contributed by atoms with van der Waals surface area (Å²) in [6.07, 6.45) is 1.46. The lowest BCUT2D eigenvalue weighted by Gasteiger charge is -2.51. The lowest BCUT2D eigenvalue weighted by molar-refractivity contribution is -0.142. The summed E-state index contributed by atoms with van der Waals surface area (Å²) < 4.78 is 11.3. The Hall–Kier alpha value is -1.79. The Labute approximate surface area is 129 Å². The van der Waals surface area contributed by atoms with Crippen LogP contribution in [0.4, 0.5) is 0 Å². The maximum Gasteiger partial charge on any atom is 0.304 e. The van der Waals surface area contributed by atoms with Crippen molar-refractivity contribution in [1.29, 1.82) is 0 Å². The lowest BCUT2D eigenvalue weighted by atomic mass is 9.75. The van der Waals surface area contributed by atoms with Crippen molar-refractivity contribution < 1.29 is 19.4 Å². The number of hydrogen-bond donors (Lipinski definition) is 2. The van der Waals surface area contributed by atoms with Gasteiger partial charge in [-0.05, 0) is 37.2 Å². The number of hydrogen-bond acceptors (Lipinski definition) is 5. The summed E-state index contributed by atoms with van der Waals surface area (Å²) in [5, 5.41) is 9.21. The topological polar surface area (TPSA) is 85.0 Å². The summed E-state index contributed by atoms with van der Waals surface area (Å²) in [4.78, 5) is 13.3. The normalized spacial score (nSPS) is 30.9. The number of benzene rings is 1. The van der Waals surface area contributed by atoms with Crippen molar-refractivity contribution in [2.45, 2.75) is 31.0 Å². The third kappa shape index (κ3) is 2.53. The smallest absolute Gasteiger partial charge is 0.304 e. The summed E-state index contributed by atoms with van der Waals surface area (Å²) in [5.41, 5.74) is 6.73. The third-order valence-electron chi connectivity index (χ3n) is 4.90. The quantitative estimate of drug-likeness (QED) is 0.869. The van der Waals surface area contributed by atoms with Gasteiger partial charge in [0.15, 0.2) is 5.72 Å². The molecule has 120 valence electrons. The zero-order valence-corrected chi connectivity index (χ0v) is 12.9. The largest absolute Gasteiger partial charge is 0.497 e. The summed E-state index contributed by atoms with van der Waals surface area (Å²) in [5.74, 6) is 0.684. The van der Waals surface area contributed by atoms with Crippen molar-refractivity contribution in [2.75, 3.05) is 20.7 Å². The first-order valence-electron chi connectivity index (χ1n) is 7.50. The summed E-state index contributed by atoms with van der Waals surface area (Å²) in [6.45, 7) is 0.733. The Morgan fingerprint density at radius 3 is 3.05 bits per heavy atom. The monoisotopic (exact) mass is 306 g/mol. The van der Waals surface area contributed by atoms with E-state index in [2.05, 4.69) is 4.90 Å². The van der Waals surface area contributed by atoms with Crippen LogP contribution in [0.3, 0.4) is 0 Å². The van der Waals surface area contributed by atoms with Gasteiger partial charge in [-0.25, -0.2) is 0 Å². The first kappa shape index (κ1) is 15.1. The number of piperidine rings is 1. The van der Waals surface area contributed by atoms with E-state index in [9.17, 15) is 9.90 Å². The highest BCUT2D eigenvalue weighted by atomic mass is 16.5. The Kier molecular flexibility index (Phi) is 3.74. The molecule has 1 aromatic carbocycles. The number of methoxy groups -OCH3 is 1. The van der Waals surface area contributed by atoms with Crippen LogP contribution in [0.1, 0.15) is 18.4 Å². The van der Waals surface area contributed by atoms with E-state index in [1.807, 2.05) is 25.2 Å². The van der Waals surface area contributed by atoms with Crippen LogP contribution in [-0.4, -0.2) is 48.4 Å². The highest BCUT2D eigenvalue weighted by molar-refractivity contribution is 5.67. The number of fused-ring (bicyclic) bond motifs is 2. The number of ether oxygens (including phenoxy) is 2. The molecule has 1 fully saturated rings. The number of carboxylic acids is 1. The van der Waals surface area contributed by atoms with E-state index in [1.54, 1.807) is 7.11 Å². The first-order valence-corrected chi connectivity index (χ1v) is 7.50. The highest BCUT2D eigenvalue weighted by Gasteiger charge is 2.50. The standard InChI is InChI=1S/C16H22N2O4/c1-18-6-5-16(17)12(13(18)9-15(19)20)8-10-7-11(21-2)3-4-14(10)22-16/h3-4,7,12-13H,5-6,8-9,17H2,1-2H3,(H,19,20). The molecule has 0 radical (unpaired) electrons. The molecule has 0 bridgehead atoms. The molecule has 0 amide bonds.